The van der Waals surface area contributed by atoms with Crippen molar-refractivity contribution in [2.75, 3.05) is 18.6 Å². The van der Waals surface area contributed by atoms with Gasteiger partial charge in [0.25, 0.3) is 0 Å². The van der Waals surface area contributed by atoms with E-state index in [4.69, 9.17) is 11.6 Å². The average molecular weight is 322 g/mol. The van der Waals surface area contributed by atoms with Crippen molar-refractivity contribution in [1.82, 2.24) is 9.97 Å². The van der Waals surface area contributed by atoms with Gasteiger partial charge < -0.3 is 9.88 Å². The summed E-state index contributed by atoms with van der Waals surface area (Å²) < 4.78 is 12.4. The summed E-state index contributed by atoms with van der Waals surface area (Å²) in [5.41, 5.74) is 1.90. The van der Waals surface area contributed by atoms with E-state index in [0.717, 1.165) is 35.2 Å². The van der Waals surface area contributed by atoms with E-state index in [1.165, 1.54) is 0 Å². The van der Waals surface area contributed by atoms with Gasteiger partial charge in [0.15, 0.2) is 0 Å². The molecule has 1 aliphatic carbocycles. The number of nitrogens with one attached hydrogen (secondary N) is 1. The first-order valence-corrected chi connectivity index (χ1v) is 9.87. The van der Waals surface area contributed by atoms with E-state index in [2.05, 4.69) is 15.3 Å². The molecule has 1 heterocycles. The summed E-state index contributed by atoms with van der Waals surface area (Å²) in [4.78, 5) is 8.38. The highest BCUT2D eigenvalue weighted by molar-refractivity contribution is 7.70. The Morgan fingerprint density at radius 1 is 1.29 bits per heavy atom. The van der Waals surface area contributed by atoms with Crippen LogP contribution in [0, 0.1) is 0 Å². The van der Waals surface area contributed by atoms with Gasteiger partial charge in [-0.25, -0.2) is 9.97 Å². The first-order valence-electron chi connectivity index (χ1n) is 6.89. The lowest BCUT2D eigenvalue weighted by atomic mass is 10.2. The Labute approximate surface area is 129 Å². The molecular formula is C15H17ClN3OP. The van der Waals surface area contributed by atoms with Crippen LogP contribution in [0.3, 0.4) is 0 Å². The SMILES string of the molecule is CP(C)(=O)c1ccccc1Nc1nc(Cl)ncc1C1CC1. The second kappa shape index (κ2) is 5.43. The van der Waals surface area contributed by atoms with Gasteiger partial charge in [-0.1, -0.05) is 12.1 Å². The van der Waals surface area contributed by atoms with E-state index < -0.39 is 7.14 Å². The minimum Gasteiger partial charge on any atom is -0.339 e. The zero-order valence-electron chi connectivity index (χ0n) is 12.0. The van der Waals surface area contributed by atoms with Crippen LogP contribution in [0.15, 0.2) is 30.5 Å². The van der Waals surface area contributed by atoms with Gasteiger partial charge in [0.1, 0.15) is 13.0 Å². The van der Waals surface area contributed by atoms with Gasteiger partial charge >= 0.3 is 0 Å². The molecule has 4 nitrogen and oxygen atoms in total. The van der Waals surface area contributed by atoms with Crippen molar-refractivity contribution in [3.8, 4) is 0 Å². The van der Waals surface area contributed by atoms with Crippen molar-refractivity contribution in [2.45, 2.75) is 18.8 Å². The summed E-state index contributed by atoms with van der Waals surface area (Å²) in [6.45, 7) is 3.53. The number of halogens is 1. The summed E-state index contributed by atoms with van der Waals surface area (Å²) in [7, 11) is -2.37. The summed E-state index contributed by atoms with van der Waals surface area (Å²) in [6.07, 6.45) is 4.10. The number of para-hydroxylation sites is 1. The molecule has 0 atom stereocenters. The quantitative estimate of drug-likeness (QED) is 0.683. The smallest absolute Gasteiger partial charge is 0.224 e. The van der Waals surface area contributed by atoms with Crippen LogP contribution in [0.1, 0.15) is 24.3 Å². The van der Waals surface area contributed by atoms with E-state index in [-0.39, 0.29) is 5.28 Å². The highest BCUT2D eigenvalue weighted by Crippen LogP contribution is 2.44. The average Bonchev–Trinajstić information content (AvgIpc) is 3.23. The fourth-order valence-electron chi connectivity index (χ4n) is 2.34. The van der Waals surface area contributed by atoms with Crippen LogP contribution >= 0.6 is 18.7 Å². The van der Waals surface area contributed by atoms with Crippen LogP contribution in [0.2, 0.25) is 5.28 Å². The van der Waals surface area contributed by atoms with E-state index in [9.17, 15) is 4.57 Å². The third kappa shape index (κ3) is 3.28. The predicted octanol–water partition coefficient (Wildman–Crippen LogP) is 4.00. The van der Waals surface area contributed by atoms with Crippen molar-refractivity contribution < 1.29 is 4.57 Å². The molecule has 1 aromatic heterocycles. The van der Waals surface area contributed by atoms with Crippen LogP contribution in [0.5, 0.6) is 0 Å². The van der Waals surface area contributed by atoms with Gasteiger partial charge in [-0.2, -0.15) is 0 Å². The molecule has 0 spiro atoms. The molecule has 0 saturated heterocycles. The maximum Gasteiger partial charge on any atom is 0.224 e. The Bertz CT molecular complexity index is 725. The van der Waals surface area contributed by atoms with E-state index >= 15 is 0 Å². The van der Waals surface area contributed by atoms with Crippen molar-refractivity contribution in [3.05, 3.63) is 41.3 Å². The topological polar surface area (TPSA) is 54.9 Å². The highest BCUT2D eigenvalue weighted by atomic mass is 35.5. The van der Waals surface area contributed by atoms with Crippen LogP contribution in [0.25, 0.3) is 0 Å². The summed E-state index contributed by atoms with van der Waals surface area (Å²) in [6, 6.07) is 7.63. The van der Waals surface area contributed by atoms with E-state index in [1.807, 2.05) is 24.3 Å². The second-order valence-corrected chi connectivity index (χ2v) is 9.23. The zero-order valence-corrected chi connectivity index (χ0v) is 13.7. The van der Waals surface area contributed by atoms with Crippen molar-refractivity contribution >= 4 is 35.6 Å². The second-order valence-electron chi connectivity index (χ2n) is 5.71. The normalized spacial score (nSPS) is 15.0. The van der Waals surface area contributed by atoms with Gasteiger partial charge in [0.2, 0.25) is 5.28 Å². The molecule has 2 aromatic rings. The third-order valence-electron chi connectivity index (χ3n) is 3.54. The molecule has 1 aromatic carbocycles. The summed E-state index contributed by atoms with van der Waals surface area (Å²) in [5.74, 6) is 1.23. The van der Waals surface area contributed by atoms with Gasteiger partial charge in [0.05, 0.1) is 5.69 Å². The minimum atomic E-state index is -2.37. The first-order chi connectivity index (χ1) is 9.95. The standard InChI is InChI=1S/C15H17ClN3OP/c1-21(2,20)13-6-4-3-5-12(13)18-14-11(10-7-8-10)9-17-15(16)19-14/h3-6,9-10H,7-8H2,1-2H3,(H,17,18,19). The predicted molar refractivity (Wildman–Crippen MR) is 87.8 cm³/mol. The number of benzene rings is 1. The highest BCUT2D eigenvalue weighted by Gasteiger charge is 2.28. The number of hydrogen-bond donors (Lipinski definition) is 1. The zero-order chi connectivity index (χ0) is 15.0. The van der Waals surface area contributed by atoms with Crippen LogP contribution in [0.4, 0.5) is 11.5 Å². The van der Waals surface area contributed by atoms with Crippen molar-refractivity contribution in [2.24, 2.45) is 0 Å². The summed E-state index contributed by atoms with van der Waals surface area (Å²) >= 11 is 5.92. The number of anilines is 2. The third-order valence-corrected chi connectivity index (χ3v) is 5.27. The molecule has 3 rings (SSSR count). The monoisotopic (exact) mass is 321 g/mol. The van der Waals surface area contributed by atoms with Crippen LogP contribution in [-0.4, -0.2) is 23.3 Å². The number of nitrogens with zero attached hydrogens (tertiary/aromatic N) is 2. The lowest BCUT2D eigenvalue weighted by molar-refractivity contribution is 0.588. The molecular weight excluding hydrogens is 305 g/mol. The lowest BCUT2D eigenvalue weighted by Crippen LogP contribution is -2.11. The van der Waals surface area contributed by atoms with Gasteiger partial charge in [-0.05, 0) is 55.8 Å². The maximum absolute atomic E-state index is 12.4. The molecule has 1 saturated carbocycles. The molecule has 1 N–H and O–H groups in total. The summed E-state index contributed by atoms with van der Waals surface area (Å²) in [5, 5.41) is 4.34. The Morgan fingerprint density at radius 3 is 2.67 bits per heavy atom. The molecule has 0 aliphatic heterocycles. The molecule has 1 fully saturated rings. The largest absolute Gasteiger partial charge is 0.339 e. The molecule has 21 heavy (non-hydrogen) atoms. The fourth-order valence-corrected chi connectivity index (χ4v) is 3.63. The van der Waals surface area contributed by atoms with E-state index in [0.29, 0.717) is 5.92 Å². The van der Waals surface area contributed by atoms with Gasteiger partial charge in [0, 0.05) is 17.1 Å². The Morgan fingerprint density at radius 2 is 2.00 bits per heavy atom. The molecule has 0 amide bonds. The van der Waals surface area contributed by atoms with Crippen molar-refractivity contribution in [3.63, 3.8) is 0 Å². The van der Waals surface area contributed by atoms with Gasteiger partial charge in [-0.15, -0.1) is 0 Å². The molecule has 0 radical (unpaired) electrons. The molecule has 0 bridgehead atoms. The van der Waals surface area contributed by atoms with Gasteiger partial charge in [-0.3, -0.25) is 0 Å². The Balaban J connectivity index is 2.01. The maximum atomic E-state index is 12.4. The van der Waals surface area contributed by atoms with Crippen LogP contribution < -0.4 is 10.6 Å². The van der Waals surface area contributed by atoms with E-state index in [1.54, 1.807) is 19.5 Å². The minimum absolute atomic E-state index is 0.218. The number of rotatable bonds is 4. The van der Waals surface area contributed by atoms with Crippen molar-refractivity contribution in [1.29, 1.82) is 0 Å². The van der Waals surface area contributed by atoms with Crippen LogP contribution in [-0.2, 0) is 4.57 Å². The first kappa shape index (κ1) is 14.6. The molecule has 1 aliphatic rings. The number of aromatic nitrogens is 2. The molecule has 110 valence electrons. The molecule has 6 heteroatoms. The molecule has 0 unspecified atom stereocenters. The number of hydrogen-bond acceptors (Lipinski definition) is 4. The Hall–Kier alpha value is -1.38. The lowest BCUT2D eigenvalue weighted by Gasteiger charge is -2.16. The fraction of sp³-hybridized carbons (Fsp3) is 0.333. The Kier molecular flexibility index (Phi) is 3.76.